The van der Waals surface area contributed by atoms with E-state index < -0.39 is 0 Å². The SMILES string of the molecule is CCOc1ccccc1C(=O)NCC(N)(CC)CC.Cl. The van der Waals surface area contributed by atoms with Gasteiger partial charge in [-0.3, -0.25) is 4.79 Å². The van der Waals surface area contributed by atoms with Gasteiger partial charge in [0.15, 0.2) is 0 Å². The number of carbonyl (C=O) groups is 1. The number of carbonyl (C=O) groups excluding carboxylic acids is 1. The molecule has 3 N–H and O–H groups in total. The van der Waals surface area contributed by atoms with Crippen molar-refractivity contribution in [1.29, 1.82) is 0 Å². The number of amides is 1. The topological polar surface area (TPSA) is 64.3 Å². The van der Waals surface area contributed by atoms with Gasteiger partial charge in [0.1, 0.15) is 5.75 Å². The summed E-state index contributed by atoms with van der Waals surface area (Å²) in [6.45, 7) is 6.97. The molecule has 0 aliphatic rings. The highest BCUT2D eigenvalue weighted by atomic mass is 35.5. The summed E-state index contributed by atoms with van der Waals surface area (Å²) in [5.74, 6) is 0.471. The molecule has 20 heavy (non-hydrogen) atoms. The van der Waals surface area contributed by atoms with Crippen LogP contribution in [0.15, 0.2) is 24.3 Å². The van der Waals surface area contributed by atoms with E-state index in [1.807, 2.05) is 32.9 Å². The number of hydrogen-bond donors (Lipinski definition) is 2. The Morgan fingerprint density at radius 3 is 2.40 bits per heavy atom. The lowest BCUT2D eigenvalue weighted by molar-refractivity contribution is 0.0938. The molecule has 0 heterocycles. The fourth-order valence-corrected chi connectivity index (χ4v) is 1.79. The Labute approximate surface area is 127 Å². The van der Waals surface area contributed by atoms with Crippen molar-refractivity contribution >= 4 is 18.3 Å². The Morgan fingerprint density at radius 2 is 1.85 bits per heavy atom. The van der Waals surface area contributed by atoms with E-state index in [0.29, 0.717) is 24.5 Å². The first-order valence-corrected chi connectivity index (χ1v) is 6.85. The summed E-state index contributed by atoms with van der Waals surface area (Å²) in [7, 11) is 0. The van der Waals surface area contributed by atoms with Gasteiger partial charge in [-0.25, -0.2) is 0 Å². The van der Waals surface area contributed by atoms with Crippen LogP contribution in [0.2, 0.25) is 0 Å². The van der Waals surface area contributed by atoms with E-state index in [0.717, 1.165) is 12.8 Å². The molecule has 1 rings (SSSR count). The summed E-state index contributed by atoms with van der Waals surface area (Å²) in [6, 6.07) is 7.24. The Bertz CT molecular complexity index is 420. The van der Waals surface area contributed by atoms with Gasteiger partial charge >= 0.3 is 0 Å². The van der Waals surface area contributed by atoms with Crippen LogP contribution in [-0.2, 0) is 0 Å². The number of hydrogen-bond acceptors (Lipinski definition) is 3. The monoisotopic (exact) mass is 300 g/mol. The number of halogens is 1. The standard InChI is InChI=1S/C15H24N2O2.ClH/c1-4-15(16,5-2)11-17-14(18)12-9-7-8-10-13(12)19-6-3;/h7-10H,4-6,11,16H2,1-3H3,(H,17,18);1H. The highest BCUT2D eigenvalue weighted by molar-refractivity contribution is 5.96. The van der Waals surface area contributed by atoms with Crippen molar-refractivity contribution in [1.82, 2.24) is 5.32 Å². The molecular formula is C15H25ClN2O2. The smallest absolute Gasteiger partial charge is 0.255 e. The summed E-state index contributed by atoms with van der Waals surface area (Å²) in [5, 5.41) is 2.90. The first-order chi connectivity index (χ1) is 9.06. The third-order valence-corrected chi connectivity index (χ3v) is 3.44. The average Bonchev–Trinajstić information content (AvgIpc) is 2.45. The van der Waals surface area contributed by atoms with Crippen LogP contribution < -0.4 is 15.8 Å². The highest BCUT2D eigenvalue weighted by Gasteiger charge is 2.22. The van der Waals surface area contributed by atoms with Gasteiger partial charge < -0.3 is 15.8 Å². The predicted octanol–water partition coefficient (Wildman–Crippen LogP) is 2.75. The lowest BCUT2D eigenvalue weighted by Crippen LogP contribution is -2.49. The number of benzene rings is 1. The van der Waals surface area contributed by atoms with E-state index in [-0.39, 0.29) is 23.9 Å². The van der Waals surface area contributed by atoms with E-state index in [1.165, 1.54) is 0 Å². The van der Waals surface area contributed by atoms with Gasteiger partial charge in [0.2, 0.25) is 0 Å². The minimum absolute atomic E-state index is 0. The molecule has 4 nitrogen and oxygen atoms in total. The van der Waals surface area contributed by atoms with E-state index in [9.17, 15) is 4.79 Å². The molecule has 0 bridgehead atoms. The van der Waals surface area contributed by atoms with Gasteiger partial charge in [-0.2, -0.15) is 0 Å². The summed E-state index contributed by atoms with van der Waals surface area (Å²) in [6.07, 6.45) is 1.66. The molecule has 114 valence electrons. The van der Waals surface area contributed by atoms with Crippen LogP contribution in [0.25, 0.3) is 0 Å². The molecule has 0 saturated heterocycles. The van der Waals surface area contributed by atoms with Crippen molar-refractivity contribution in [3.8, 4) is 5.75 Å². The van der Waals surface area contributed by atoms with Crippen LogP contribution in [0.5, 0.6) is 5.75 Å². The quantitative estimate of drug-likeness (QED) is 0.814. The highest BCUT2D eigenvalue weighted by Crippen LogP contribution is 2.18. The molecule has 0 unspecified atom stereocenters. The second kappa shape index (κ2) is 8.82. The van der Waals surface area contributed by atoms with Crippen molar-refractivity contribution in [2.45, 2.75) is 39.2 Å². The first-order valence-electron chi connectivity index (χ1n) is 6.85. The van der Waals surface area contributed by atoms with Crippen LogP contribution in [0.3, 0.4) is 0 Å². The molecule has 1 aromatic rings. The predicted molar refractivity (Wildman–Crippen MR) is 84.7 cm³/mol. The van der Waals surface area contributed by atoms with Crippen molar-refractivity contribution in [3.63, 3.8) is 0 Å². The van der Waals surface area contributed by atoms with Gasteiger partial charge in [0.25, 0.3) is 5.91 Å². The van der Waals surface area contributed by atoms with Gasteiger partial charge in [-0.05, 0) is 31.9 Å². The maximum atomic E-state index is 12.2. The fraction of sp³-hybridized carbons (Fsp3) is 0.533. The molecule has 0 aliphatic carbocycles. The fourth-order valence-electron chi connectivity index (χ4n) is 1.79. The van der Waals surface area contributed by atoms with Crippen LogP contribution in [0.1, 0.15) is 44.0 Å². The zero-order valence-corrected chi connectivity index (χ0v) is 13.3. The largest absolute Gasteiger partial charge is 0.493 e. The molecule has 0 aliphatic heterocycles. The summed E-state index contributed by atoms with van der Waals surface area (Å²) in [5.41, 5.74) is 6.39. The molecular weight excluding hydrogens is 276 g/mol. The Morgan fingerprint density at radius 1 is 1.25 bits per heavy atom. The lowest BCUT2D eigenvalue weighted by Gasteiger charge is -2.27. The normalized spacial score (nSPS) is 10.6. The van der Waals surface area contributed by atoms with E-state index in [4.69, 9.17) is 10.5 Å². The minimum Gasteiger partial charge on any atom is -0.493 e. The maximum Gasteiger partial charge on any atom is 0.255 e. The molecule has 0 radical (unpaired) electrons. The van der Waals surface area contributed by atoms with E-state index >= 15 is 0 Å². The average molecular weight is 301 g/mol. The van der Waals surface area contributed by atoms with E-state index in [1.54, 1.807) is 12.1 Å². The summed E-state index contributed by atoms with van der Waals surface area (Å²) < 4.78 is 5.45. The number of rotatable bonds is 7. The second-order valence-corrected chi connectivity index (χ2v) is 4.68. The zero-order valence-electron chi connectivity index (χ0n) is 12.4. The van der Waals surface area contributed by atoms with E-state index in [2.05, 4.69) is 5.32 Å². The van der Waals surface area contributed by atoms with Gasteiger partial charge in [-0.15, -0.1) is 12.4 Å². The third kappa shape index (κ3) is 5.02. The number of ether oxygens (including phenoxy) is 1. The molecule has 0 atom stereocenters. The number of para-hydroxylation sites is 1. The molecule has 0 fully saturated rings. The Hall–Kier alpha value is -1.26. The van der Waals surface area contributed by atoms with Crippen molar-refractivity contribution < 1.29 is 9.53 Å². The summed E-state index contributed by atoms with van der Waals surface area (Å²) in [4.78, 5) is 12.2. The summed E-state index contributed by atoms with van der Waals surface area (Å²) >= 11 is 0. The zero-order chi connectivity index (χ0) is 14.3. The van der Waals surface area contributed by atoms with Crippen molar-refractivity contribution in [2.75, 3.05) is 13.2 Å². The second-order valence-electron chi connectivity index (χ2n) is 4.68. The maximum absolute atomic E-state index is 12.2. The molecule has 0 spiro atoms. The van der Waals surface area contributed by atoms with Gasteiger partial charge in [0, 0.05) is 12.1 Å². The Balaban J connectivity index is 0.00000361. The van der Waals surface area contributed by atoms with Crippen molar-refractivity contribution in [2.24, 2.45) is 5.73 Å². The van der Waals surface area contributed by atoms with Crippen molar-refractivity contribution in [3.05, 3.63) is 29.8 Å². The molecule has 5 heteroatoms. The number of nitrogens with one attached hydrogen (secondary N) is 1. The molecule has 0 saturated carbocycles. The van der Waals surface area contributed by atoms with Gasteiger partial charge in [-0.1, -0.05) is 26.0 Å². The minimum atomic E-state index is -0.337. The molecule has 1 amide bonds. The first kappa shape index (κ1) is 18.7. The Kier molecular flexibility index (Phi) is 8.26. The number of nitrogens with two attached hydrogens (primary N) is 1. The lowest BCUT2D eigenvalue weighted by atomic mass is 9.94. The van der Waals surface area contributed by atoms with Crippen LogP contribution in [0.4, 0.5) is 0 Å². The molecule has 0 aromatic heterocycles. The third-order valence-electron chi connectivity index (χ3n) is 3.44. The van der Waals surface area contributed by atoms with Crippen LogP contribution in [0, 0.1) is 0 Å². The van der Waals surface area contributed by atoms with Gasteiger partial charge in [0.05, 0.1) is 12.2 Å². The van der Waals surface area contributed by atoms with Crippen LogP contribution in [-0.4, -0.2) is 24.6 Å². The van der Waals surface area contributed by atoms with Crippen LogP contribution >= 0.6 is 12.4 Å². The molecule has 1 aromatic carbocycles.